The van der Waals surface area contributed by atoms with Gasteiger partial charge in [0, 0.05) is 5.69 Å². The zero-order valence-corrected chi connectivity index (χ0v) is 9.66. The molecular weight excluding hydrogens is 204 g/mol. The first-order valence-corrected chi connectivity index (χ1v) is 5.43. The van der Waals surface area contributed by atoms with Gasteiger partial charge in [0.1, 0.15) is 0 Å². The number of carbonyl (C=O) groups excluding carboxylic acids is 1. The highest BCUT2D eigenvalue weighted by atomic mass is 16.3. The van der Waals surface area contributed by atoms with E-state index in [-0.39, 0.29) is 18.7 Å². The van der Waals surface area contributed by atoms with E-state index in [0.29, 0.717) is 0 Å². The first-order valence-electron chi connectivity index (χ1n) is 5.43. The lowest BCUT2D eigenvalue weighted by atomic mass is 10.1. The number of aliphatic hydroxyl groups is 1. The van der Waals surface area contributed by atoms with E-state index in [0.717, 1.165) is 12.1 Å². The highest BCUT2D eigenvalue weighted by molar-refractivity contribution is 5.89. The Kier molecular flexibility index (Phi) is 4.79. The summed E-state index contributed by atoms with van der Waals surface area (Å²) in [6.07, 6.45) is 0.980. The largest absolute Gasteiger partial charge is 0.394 e. The lowest BCUT2D eigenvalue weighted by Gasteiger charge is -2.12. The number of hydrogen-bond donors (Lipinski definition) is 3. The number of urea groups is 1. The lowest BCUT2D eigenvalue weighted by Crippen LogP contribution is -2.38. The quantitative estimate of drug-likeness (QED) is 0.726. The summed E-state index contributed by atoms with van der Waals surface area (Å²) in [5.74, 6) is 0. The molecule has 1 aromatic rings. The maximum absolute atomic E-state index is 11.4. The fourth-order valence-electron chi connectivity index (χ4n) is 1.26. The number of hydrogen-bond acceptors (Lipinski definition) is 2. The summed E-state index contributed by atoms with van der Waals surface area (Å²) in [6, 6.07) is 7.14. The third-order valence-electron chi connectivity index (χ3n) is 2.27. The SMILES string of the molecule is CCc1ccc(NC(=O)NC(C)CO)cc1. The molecule has 4 heteroatoms. The van der Waals surface area contributed by atoms with Gasteiger partial charge in [-0.3, -0.25) is 0 Å². The van der Waals surface area contributed by atoms with Crippen LogP contribution in [0.15, 0.2) is 24.3 Å². The number of aryl methyl sites for hydroxylation is 1. The van der Waals surface area contributed by atoms with E-state index >= 15 is 0 Å². The van der Waals surface area contributed by atoms with Crippen LogP contribution in [0.5, 0.6) is 0 Å². The summed E-state index contributed by atoms with van der Waals surface area (Å²) in [5, 5.41) is 14.1. The normalized spacial score (nSPS) is 11.9. The van der Waals surface area contributed by atoms with Gasteiger partial charge in [-0.25, -0.2) is 4.79 Å². The van der Waals surface area contributed by atoms with Crippen LogP contribution in [0.4, 0.5) is 10.5 Å². The van der Waals surface area contributed by atoms with Crippen LogP contribution in [0.2, 0.25) is 0 Å². The van der Waals surface area contributed by atoms with E-state index in [1.807, 2.05) is 24.3 Å². The van der Waals surface area contributed by atoms with Gasteiger partial charge in [-0.15, -0.1) is 0 Å². The summed E-state index contributed by atoms with van der Waals surface area (Å²) >= 11 is 0. The molecule has 1 aromatic carbocycles. The summed E-state index contributed by atoms with van der Waals surface area (Å²) in [7, 11) is 0. The minimum Gasteiger partial charge on any atom is -0.394 e. The smallest absolute Gasteiger partial charge is 0.319 e. The lowest BCUT2D eigenvalue weighted by molar-refractivity contribution is 0.229. The zero-order valence-electron chi connectivity index (χ0n) is 9.66. The number of rotatable bonds is 4. The van der Waals surface area contributed by atoms with Gasteiger partial charge >= 0.3 is 6.03 Å². The molecule has 0 aliphatic rings. The van der Waals surface area contributed by atoms with Crippen LogP contribution in [0.1, 0.15) is 19.4 Å². The van der Waals surface area contributed by atoms with Crippen LogP contribution < -0.4 is 10.6 Å². The predicted molar refractivity (Wildman–Crippen MR) is 64.5 cm³/mol. The number of carbonyl (C=O) groups is 1. The minimum absolute atomic E-state index is 0.0673. The number of aliphatic hydroxyl groups excluding tert-OH is 1. The van der Waals surface area contributed by atoms with Crippen molar-refractivity contribution in [3.05, 3.63) is 29.8 Å². The molecule has 0 radical (unpaired) electrons. The number of anilines is 1. The van der Waals surface area contributed by atoms with Gasteiger partial charge in [0.05, 0.1) is 12.6 Å². The Balaban J connectivity index is 2.49. The van der Waals surface area contributed by atoms with E-state index in [9.17, 15) is 4.79 Å². The summed E-state index contributed by atoms with van der Waals surface area (Å²) in [6.45, 7) is 3.75. The van der Waals surface area contributed by atoms with Crippen molar-refractivity contribution in [1.82, 2.24) is 5.32 Å². The van der Waals surface area contributed by atoms with Crippen LogP contribution in [0.25, 0.3) is 0 Å². The van der Waals surface area contributed by atoms with Crippen molar-refractivity contribution in [3.8, 4) is 0 Å². The molecule has 0 fully saturated rings. The highest BCUT2D eigenvalue weighted by Gasteiger charge is 2.05. The van der Waals surface area contributed by atoms with Crippen molar-refractivity contribution in [3.63, 3.8) is 0 Å². The van der Waals surface area contributed by atoms with E-state index < -0.39 is 0 Å². The molecule has 16 heavy (non-hydrogen) atoms. The molecule has 1 rings (SSSR count). The molecule has 1 atom stereocenters. The van der Waals surface area contributed by atoms with Crippen LogP contribution in [0, 0.1) is 0 Å². The molecule has 0 aliphatic heterocycles. The van der Waals surface area contributed by atoms with E-state index in [4.69, 9.17) is 5.11 Å². The van der Waals surface area contributed by atoms with Crippen molar-refractivity contribution in [2.45, 2.75) is 26.3 Å². The molecule has 2 amide bonds. The Labute approximate surface area is 95.7 Å². The van der Waals surface area contributed by atoms with Crippen molar-refractivity contribution in [1.29, 1.82) is 0 Å². The predicted octanol–water partition coefficient (Wildman–Crippen LogP) is 1.75. The van der Waals surface area contributed by atoms with E-state index in [2.05, 4.69) is 17.6 Å². The highest BCUT2D eigenvalue weighted by Crippen LogP contribution is 2.09. The molecule has 0 bridgehead atoms. The standard InChI is InChI=1S/C12H18N2O2/c1-3-10-4-6-11(7-5-10)14-12(16)13-9(2)8-15/h4-7,9,15H,3,8H2,1-2H3,(H2,13,14,16). The van der Waals surface area contributed by atoms with Gasteiger partial charge < -0.3 is 15.7 Å². The fraction of sp³-hybridized carbons (Fsp3) is 0.417. The van der Waals surface area contributed by atoms with Gasteiger partial charge in [-0.2, -0.15) is 0 Å². The number of nitrogens with one attached hydrogen (secondary N) is 2. The van der Waals surface area contributed by atoms with Crippen molar-refractivity contribution in [2.75, 3.05) is 11.9 Å². The third kappa shape index (κ3) is 3.90. The Morgan fingerprint density at radius 1 is 1.38 bits per heavy atom. The molecule has 4 nitrogen and oxygen atoms in total. The third-order valence-corrected chi connectivity index (χ3v) is 2.27. The Bertz CT molecular complexity index is 335. The van der Waals surface area contributed by atoms with Crippen molar-refractivity contribution >= 4 is 11.7 Å². The Hall–Kier alpha value is -1.55. The second kappa shape index (κ2) is 6.12. The zero-order chi connectivity index (χ0) is 12.0. The van der Waals surface area contributed by atoms with Crippen LogP contribution >= 0.6 is 0 Å². The maximum atomic E-state index is 11.4. The fourth-order valence-corrected chi connectivity index (χ4v) is 1.26. The van der Waals surface area contributed by atoms with Crippen molar-refractivity contribution < 1.29 is 9.90 Å². The Morgan fingerprint density at radius 3 is 2.50 bits per heavy atom. The summed E-state index contributed by atoms with van der Waals surface area (Å²) < 4.78 is 0. The minimum atomic E-state index is -0.300. The molecule has 0 aromatic heterocycles. The molecule has 3 N–H and O–H groups in total. The molecule has 88 valence electrons. The molecule has 0 saturated heterocycles. The second-order valence-corrected chi connectivity index (χ2v) is 3.73. The number of amides is 2. The van der Waals surface area contributed by atoms with Gasteiger partial charge in [0.2, 0.25) is 0 Å². The first-order chi connectivity index (χ1) is 7.65. The Morgan fingerprint density at radius 2 is 2.00 bits per heavy atom. The first kappa shape index (κ1) is 12.5. The van der Waals surface area contributed by atoms with Gasteiger partial charge in [0.25, 0.3) is 0 Å². The van der Waals surface area contributed by atoms with Crippen LogP contribution in [-0.4, -0.2) is 23.8 Å². The van der Waals surface area contributed by atoms with E-state index in [1.54, 1.807) is 6.92 Å². The van der Waals surface area contributed by atoms with Gasteiger partial charge in [-0.05, 0) is 31.0 Å². The van der Waals surface area contributed by atoms with Gasteiger partial charge in [0.15, 0.2) is 0 Å². The topological polar surface area (TPSA) is 61.4 Å². The summed E-state index contributed by atoms with van der Waals surface area (Å²) in [5.41, 5.74) is 1.98. The number of benzene rings is 1. The maximum Gasteiger partial charge on any atom is 0.319 e. The summed E-state index contributed by atoms with van der Waals surface area (Å²) in [4.78, 5) is 11.4. The molecule has 0 aliphatic carbocycles. The monoisotopic (exact) mass is 222 g/mol. The van der Waals surface area contributed by atoms with Crippen LogP contribution in [-0.2, 0) is 6.42 Å². The molecular formula is C12H18N2O2. The van der Waals surface area contributed by atoms with Crippen molar-refractivity contribution in [2.24, 2.45) is 0 Å². The second-order valence-electron chi connectivity index (χ2n) is 3.73. The molecule has 1 unspecified atom stereocenters. The average Bonchev–Trinajstić information content (AvgIpc) is 2.29. The van der Waals surface area contributed by atoms with Crippen LogP contribution in [0.3, 0.4) is 0 Å². The molecule has 0 spiro atoms. The van der Waals surface area contributed by atoms with E-state index in [1.165, 1.54) is 5.56 Å². The molecule has 0 heterocycles. The average molecular weight is 222 g/mol. The molecule has 0 saturated carbocycles. The van der Waals surface area contributed by atoms with Gasteiger partial charge in [-0.1, -0.05) is 19.1 Å².